The van der Waals surface area contributed by atoms with Gasteiger partial charge in [0, 0.05) is 16.6 Å². The van der Waals surface area contributed by atoms with Crippen LogP contribution in [0.3, 0.4) is 0 Å². The second-order valence-corrected chi connectivity index (χ2v) is 5.27. The first kappa shape index (κ1) is 14.8. The Hall–Kier alpha value is -1.65. The molecule has 1 N–H and O–H groups in total. The summed E-state index contributed by atoms with van der Waals surface area (Å²) in [4.78, 5) is 11.3. The molecule has 0 saturated heterocycles. The lowest BCUT2D eigenvalue weighted by molar-refractivity contribution is 0.101. The van der Waals surface area contributed by atoms with Gasteiger partial charge in [-0.3, -0.25) is 4.79 Å². The molecule has 0 aliphatic carbocycles. The molecular formula is C16H15BrO3. The smallest absolute Gasteiger partial charge is 0.160 e. The quantitative estimate of drug-likeness (QED) is 0.841. The zero-order chi connectivity index (χ0) is 14.5. The van der Waals surface area contributed by atoms with E-state index in [1.54, 1.807) is 18.2 Å². The van der Waals surface area contributed by atoms with Crippen molar-refractivity contribution in [1.82, 2.24) is 0 Å². The number of Topliss-reactive ketones (excluding diaryl/α,β-unsaturated/α-hetero) is 1. The van der Waals surface area contributed by atoms with Gasteiger partial charge in [0.25, 0.3) is 0 Å². The summed E-state index contributed by atoms with van der Waals surface area (Å²) in [5.41, 5.74) is 1.70. The molecule has 0 aliphatic heterocycles. The van der Waals surface area contributed by atoms with E-state index in [0.29, 0.717) is 23.5 Å². The fraction of sp³-hybridized carbons (Fsp3) is 0.188. The molecule has 104 valence electrons. The second-order valence-electron chi connectivity index (χ2n) is 4.42. The summed E-state index contributed by atoms with van der Waals surface area (Å²) in [6.07, 6.45) is 0.638. The number of hydrogen-bond donors (Lipinski definition) is 1. The number of halogens is 1. The van der Waals surface area contributed by atoms with Crippen molar-refractivity contribution in [2.75, 3.05) is 6.61 Å². The highest BCUT2D eigenvalue weighted by Crippen LogP contribution is 2.27. The van der Waals surface area contributed by atoms with Gasteiger partial charge in [0.05, 0.1) is 0 Å². The number of benzene rings is 2. The molecule has 0 saturated carbocycles. The van der Waals surface area contributed by atoms with E-state index in [0.717, 1.165) is 10.0 Å². The van der Waals surface area contributed by atoms with Gasteiger partial charge in [-0.1, -0.05) is 12.1 Å². The van der Waals surface area contributed by atoms with Crippen LogP contribution in [0, 0.1) is 0 Å². The van der Waals surface area contributed by atoms with Crippen molar-refractivity contribution in [2.24, 2.45) is 0 Å². The first-order valence-corrected chi connectivity index (χ1v) is 7.07. The number of rotatable bonds is 5. The summed E-state index contributed by atoms with van der Waals surface area (Å²) in [5, 5.41) is 8.86. The van der Waals surface area contributed by atoms with E-state index in [2.05, 4.69) is 15.9 Å². The van der Waals surface area contributed by atoms with Gasteiger partial charge >= 0.3 is 0 Å². The summed E-state index contributed by atoms with van der Waals surface area (Å²) in [6.45, 7) is 1.67. The highest BCUT2D eigenvalue weighted by molar-refractivity contribution is 9.10. The number of aliphatic hydroxyl groups excluding tert-OH is 1. The van der Waals surface area contributed by atoms with Gasteiger partial charge < -0.3 is 9.84 Å². The van der Waals surface area contributed by atoms with E-state index >= 15 is 0 Å². The highest BCUT2D eigenvalue weighted by atomic mass is 79.9. The van der Waals surface area contributed by atoms with Crippen LogP contribution in [-0.4, -0.2) is 17.5 Å². The lowest BCUT2D eigenvalue weighted by Crippen LogP contribution is -1.94. The molecule has 0 aliphatic rings. The first-order valence-electron chi connectivity index (χ1n) is 6.28. The van der Waals surface area contributed by atoms with Crippen molar-refractivity contribution >= 4 is 21.7 Å². The van der Waals surface area contributed by atoms with Gasteiger partial charge in [-0.2, -0.15) is 0 Å². The van der Waals surface area contributed by atoms with Crippen LogP contribution in [0.2, 0.25) is 0 Å². The van der Waals surface area contributed by atoms with Crippen LogP contribution >= 0.6 is 15.9 Å². The molecule has 0 bridgehead atoms. The van der Waals surface area contributed by atoms with Gasteiger partial charge in [-0.25, -0.2) is 0 Å². The van der Waals surface area contributed by atoms with Crippen LogP contribution in [0.4, 0.5) is 0 Å². The largest absolute Gasteiger partial charge is 0.457 e. The number of carbonyl (C=O) groups excluding carboxylic acids is 1. The molecule has 2 aromatic carbocycles. The van der Waals surface area contributed by atoms with Crippen molar-refractivity contribution in [3.63, 3.8) is 0 Å². The van der Waals surface area contributed by atoms with E-state index in [9.17, 15) is 4.79 Å². The Kier molecular flexibility index (Phi) is 4.93. The van der Waals surface area contributed by atoms with Crippen LogP contribution in [0.25, 0.3) is 0 Å². The van der Waals surface area contributed by atoms with Gasteiger partial charge in [0.1, 0.15) is 11.5 Å². The number of ketones is 1. The summed E-state index contributed by atoms with van der Waals surface area (Å²) in [7, 11) is 0. The third-order valence-electron chi connectivity index (χ3n) is 2.88. The Morgan fingerprint density at radius 2 is 1.80 bits per heavy atom. The maximum absolute atomic E-state index is 11.3. The number of aliphatic hydroxyl groups is 1. The van der Waals surface area contributed by atoms with Gasteiger partial charge in [0.15, 0.2) is 5.78 Å². The zero-order valence-electron chi connectivity index (χ0n) is 11.1. The molecule has 0 fully saturated rings. The van der Waals surface area contributed by atoms with Crippen LogP contribution in [0.5, 0.6) is 11.5 Å². The van der Waals surface area contributed by atoms with Gasteiger partial charge in [-0.05, 0) is 65.2 Å². The molecule has 0 amide bonds. The Balaban J connectivity index is 2.13. The summed E-state index contributed by atoms with van der Waals surface area (Å²) >= 11 is 3.36. The minimum atomic E-state index is 0.0109. The number of carbonyl (C=O) groups is 1. The number of hydrogen-bond acceptors (Lipinski definition) is 3. The molecule has 3 nitrogen and oxygen atoms in total. The Labute approximate surface area is 126 Å². The summed E-state index contributed by atoms with van der Waals surface area (Å²) < 4.78 is 6.44. The maximum atomic E-state index is 11.3. The molecular weight excluding hydrogens is 320 g/mol. The average molecular weight is 335 g/mol. The van der Waals surface area contributed by atoms with E-state index in [4.69, 9.17) is 9.84 Å². The fourth-order valence-electron chi connectivity index (χ4n) is 1.83. The molecule has 0 aromatic heterocycles. The maximum Gasteiger partial charge on any atom is 0.160 e. The van der Waals surface area contributed by atoms with Crippen molar-refractivity contribution in [3.05, 3.63) is 58.1 Å². The normalized spacial score (nSPS) is 10.3. The Bertz CT molecular complexity index is 606. The standard InChI is InChI=1S/C16H15BrO3/c1-11(19)15-7-6-14(10-16(15)17)20-13-4-2-12(3-5-13)8-9-18/h2-7,10,18H,8-9H2,1H3. The molecule has 0 heterocycles. The summed E-state index contributed by atoms with van der Waals surface area (Å²) in [6, 6.07) is 12.8. The molecule has 0 spiro atoms. The Morgan fingerprint density at radius 3 is 2.35 bits per heavy atom. The minimum absolute atomic E-state index is 0.0109. The van der Waals surface area contributed by atoms with Crippen LogP contribution in [-0.2, 0) is 6.42 Å². The molecule has 4 heteroatoms. The average Bonchev–Trinajstić information content (AvgIpc) is 2.41. The molecule has 0 radical (unpaired) electrons. The second kappa shape index (κ2) is 6.68. The summed E-state index contributed by atoms with van der Waals surface area (Å²) in [5.74, 6) is 1.39. The molecule has 0 atom stereocenters. The first-order chi connectivity index (χ1) is 9.60. The lowest BCUT2D eigenvalue weighted by atomic mass is 10.1. The third-order valence-corrected chi connectivity index (χ3v) is 3.54. The van der Waals surface area contributed by atoms with Crippen LogP contribution in [0.1, 0.15) is 22.8 Å². The fourth-order valence-corrected chi connectivity index (χ4v) is 2.47. The number of ether oxygens (including phenoxy) is 1. The van der Waals surface area contributed by atoms with Crippen molar-refractivity contribution in [2.45, 2.75) is 13.3 Å². The SMILES string of the molecule is CC(=O)c1ccc(Oc2ccc(CCO)cc2)cc1Br. The van der Waals surface area contributed by atoms with Crippen molar-refractivity contribution in [1.29, 1.82) is 0 Å². The van der Waals surface area contributed by atoms with Crippen LogP contribution in [0.15, 0.2) is 46.9 Å². The minimum Gasteiger partial charge on any atom is -0.457 e. The van der Waals surface area contributed by atoms with E-state index < -0.39 is 0 Å². The lowest BCUT2D eigenvalue weighted by Gasteiger charge is -2.08. The van der Waals surface area contributed by atoms with Gasteiger partial charge in [-0.15, -0.1) is 0 Å². The highest BCUT2D eigenvalue weighted by Gasteiger charge is 2.07. The Morgan fingerprint density at radius 1 is 1.15 bits per heavy atom. The molecule has 2 rings (SSSR count). The molecule has 0 unspecified atom stereocenters. The molecule has 20 heavy (non-hydrogen) atoms. The predicted octanol–water partition coefficient (Wildman–Crippen LogP) is 3.98. The van der Waals surface area contributed by atoms with E-state index in [1.807, 2.05) is 24.3 Å². The van der Waals surface area contributed by atoms with Crippen LogP contribution < -0.4 is 4.74 Å². The monoisotopic (exact) mass is 334 g/mol. The topological polar surface area (TPSA) is 46.5 Å². The van der Waals surface area contributed by atoms with Crippen molar-refractivity contribution in [3.8, 4) is 11.5 Å². The predicted molar refractivity (Wildman–Crippen MR) is 81.5 cm³/mol. The van der Waals surface area contributed by atoms with Crippen molar-refractivity contribution < 1.29 is 14.6 Å². The zero-order valence-corrected chi connectivity index (χ0v) is 12.7. The molecule has 2 aromatic rings. The third kappa shape index (κ3) is 3.68. The van der Waals surface area contributed by atoms with E-state index in [1.165, 1.54) is 6.92 Å². The van der Waals surface area contributed by atoms with E-state index in [-0.39, 0.29) is 12.4 Å². The van der Waals surface area contributed by atoms with Gasteiger partial charge in [0.2, 0.25) is 0 Å².